The van der Waals surface area contributed by atoms with E-state index in [0.29, 0.717) is 28.8 Å². The zero-order valence-electron chi connectivity index (χ0n) is 23.4. The Balaban J connectivity index is 1.23. The third kappa shape index (κ3) is 7.26. The van der Waals surface area contributed by atoms with E-state index < -0.39 is 17.8 Å². The first-order valence-corrected chi connectivity index (χ1v) is 14.7. The molecule has 0 aliphatic carbocycles. The molecular formula is C30H27ClF3N7OS. The number of anilines is 2. The molecule has 5 rings (SSSR count). The lowest BCUT2D eigenvalue weighted by molar-refractivity contribution is -0.137. The van der Waals surface area contributed by atoms with Gasteiger partial charge in [-0.15, -0.1) is 5.10 Å². The molecule has 0 atom stereocenters. The number of pyridine rings is 1. The number of thioether (sulfide) groups is 1. The van der Waals surface area contributed by atoms with Crippen LogP contribution in [0.4, 0.5) is 29.3 Å². The van der Waals surface area contributed by atoms with Gasteiger partial charge in [-0.25, -0.2) is 19.4 Å². The Morgan fingerprint density at radius 2 is 1.88 bits per heavy atom. The van der Waals surface area contributed by atoms with Crippen molar-refractivity contribution in [2.75, 3.05) is 22.5 Å². The summed E-state index contributed by atoms with van der Waals surface area (Å²) < 4.78 is 39.9. The Labute approximate surface area is 255 Å². The minimum Gasteiger partial charge on any atom is -0.320 e. The number of aliphatic imine (C=N–C) groups is 1. The molecule has 2 aromatic carbocycles. The van der Waals surface area contributed by atoms with Crippen molar-refractivity contribution < 1.29 is 18.0 Å². The number of halogens is 4. The molecule has 0 radical (unpaired) electrons. The summed E-state index contributed by atoms with van der Waals surface area (Å²) >= 11 is 7.55. The molecule has 0 unspecified atom stereocenters. The van der Waals surface area contributed by atoms with Gasteiger partial charge in [0, 0.05) is 29.9 Å². The molecule has 4 aromatic rings. The summed E-state index contributed by atoms with van der Waals surface area (Å²) in [6, 6.07) is 13.8. The largest absolute Gasteiger partial charge is 0.417 e. The van der Waals surface area contributed by atoms with E-state index in [-0.39, 0.29) is 10.8 Å². The second kappa shape index (κ2) is 12.6. The van der Waals surface area contributed by atoms with Crippen LogP contribution in [-0.4, -0.2) is 43.2 Å². The lowest BCUT2D eigenvalue weighted by atomic mass is 9.99. The molecule has 43 heavy (non-hydrogen) atoms. The Hall–Kier alpha value is -4.16. The van der Waals surface area contributed by atoms with Crippen LogP contribution in [0.25, 0.3) is 18.0 Å². The molecule has 0 saturated carbocycles. The number of amidine groups is 1. The predicted molar refractivity (Wildman–Crippen MR) is 166 cm³/mol. The van der Waals surface area contributed by atoms with E-state index in [4.69, 9.17) is 11.6 Å². The fraction of sp³-hybridized carbons (Fsp3) is 0.233. The van der Waals surface area contributed by atoms with Gasteiger partial charge in [-0.2, -0.15) is 18.2 Å². The molecule has 1 fully saturated rings. The third-order valence-corrected chi connectivity index (χ3v) is 7.77. The molecule has 13 heteroatoms. The first-order chi connectivity index (χ1) is 20.5. The van der Waals surface area contributed by atoms with Crippen LogP contribution in [-0.2, 0) is 6.18 Å². The lowest BCUT2D eigenvalue weighted by Crippen LogP contribution is -2.26. The third-order valence-electron chi connectivity index (χ3n) is 6.54. The number of aromatic nitrogens is 4. The van der Waals surface area contributed by atoms with Crippen LogP contribution in [0.3, 0.4) is 0 Å². The number of hydrogen-bond acceptors (Lipinski definition) is 5. The average molecular weight is 626 g/mol. The number of urea groups is 1. The van der Waals surface area contributed by atoms with Crippen molar-refractivity contribution in [1.29, 1.82) is 0 Å². The van der Waals surface area contributed by atoms with Gasteiger partial charge >= 0.3 is 12.2 Å². The van der Waals surface area contributed by atoms with Gasteiger partial charge in [0.25, 0.3) is 0 Å². The smallest absolute Gasteiger partial charge is 0.320 e. The highest BCUT2D eigenvalue weighted by Crippen LogP contribution is 2.34. The predicted octanol–water partition coefficient (Wildman–Crippen LogP) is 8.08. The van der Waals surface area contributed by atoms with Crippen molar-refractivity contribution in [1.82, 2.24) is 19.7 Å². The first-order valence-electron chi connectivity index (χ1n) is 13.3. The zero-order chi connectivity index (χ0) is 30.7. The molecule has 8 nitrogen and oxygen atoms in total. The monoisotopic (exact) mass is 625 g/mol. The van der Waals surface area contributed by atoms with Crippen molar-refractivity contribution >= 4 is 58.1 Å². The minimum atomic E-state index is -4.55. The van der Waals surface area contributed by atoms with E-state index in [1.54, 1.807) is 36.0 Å². The standard InChI is InChI=1S/C30H27ClF3N7OS/c1-18(2)23-10-4-19(3)14-25(23)40-12-13-43-29(40)38-28(42)37-22-8-5-20(6-9-22)7-11-26-36-17-41(39-26)27-24(31)15-21(16-35-27)30(32,33)34/h4-11,14-18H,12-13H2,1-3H3,(H,37,42)/b11-7+,38-29-. The van der Waals surface area contributed by atoms with Gasteiger partial charge < -0.3 is 10.2 Å². The summed E-state index contributed by atoms with van der Waals surface area (Å²) in [7, 11) is 0. The molecule has 1 aliphatic heterocycles. The molecule has 222 valence electrons. The van der Waals surface area contributed by atoms with Gasteiger partial charge in [0.2, 0.25) is 0 Å². The van der Waals surface area contributed by atoms with Crippen molar-refractivity contribution in [3.8, 4) is 5.82 Å². The Morgan fingerprint density at radius 3 is 2.58 bits per heavy atom. The number of aryl methyl sites for hydroxylation is 1. The van der Waals surface area contributed by atoms with Crippen molar-refractivity contribution in [3.05, 3.63) is 94.2 Å². The number of carbonyl (C=O) groups is 1. The summed E-state index contributed by atoms with van der Waals surface area (Å²) in [6.07, 6.45) is 0.853. The highest BCUT2D eigenvalue weighted by molar-refractivity contribution is 8.14. The van der Waals surface area contributed by atoms with Crippen molar-refractivity contribution in [3.63, 3.8) is 0 Å². The van der Waals surface area contributed by atoms with Gasteiger partial charge in [-0.1, -0.05) is 67.6 Å². The second-order valence-corrected chi connectivity index (χ2v) is 11.5. The molecule has 1 aliphatic rings. The van der Waals surface area contributed by atoms with Crippen LogP contribution in [0.5, 0.6) is 0 Å². The molecule has 3 heterocycles. The highest BCUT2D eigenvalue weighted by Gasteiger charge is 2.32. The number of amides is 2. The molecule has 2 amide bonds. The summed E-state index contributed by atoms with van der Waals surface area (Å²) in [4.78, 5) is 27.2. The van der Waals surface area contributed by atoms with Gasteiger partial charge in [0.1, 0.15) is 6.33 Å². The van der Waals surface area contributed by atoms with Crippen LogP contribution < -0.4 is 10.2 Å². The van der Waals surface area contributed by atoms with Crippen LogP contribution in [0, 0.1) is 6.92 Å². The van der Waals surface area contributed by atoms with Crippen LogP contribution in [0.15, 0.2) is 66.0 Å². The Morgan fingerprint density at radius 1 is 1.12 bits per heavy atom. The maximum atomic E-state index is 12.9. The first kappa shape index (κ1) is 30.3. The van der Waals surface area contributed by atoms with E-state index in [9.17, 15) is 18.0 Å². The van der Waals surface area contributed by atoms with Gasteiger partial charge in [-0.3, -0.25) is 0 Å². The maximum Gasteiger partial charge on any atom is 0.417 e. The molecule has 2 aromatic heterocycles. The Kier molecular flexibility index (Phi) is 8.88. The van der Waals surface area contributed by atoms with Gasteiger partial charge in [-0.05, 0) is 59.9 Å². The number of rotatable bonds is 6. The minimum absolute atomic E-state index is 0.0313. The average Bonchev–Trinajstić information content (AvgIpc) is 3.61. The molecule has 1 saturated heterocycles. The summed E-state index contributed by atoms with van der Waals surface area (Å²) in [6.45, 7) is 7.14. The maximum absolute atomic E-state index is 12.9. The zero-order valence-corrected chi connectivity index (χ0v) is 25.0. The van der Waals surface area contributed by atoms with Gasteiger partial charge in [0.15, 0.2) is 16.8 Å². The number of hydrogen-bond donors (Lipinski definition) is 1. The van der Waals surface area contributed by atoms with E-state index in [2.05, 4.69) is 69.2 Å². The fourth-order valence-electron chi connectivity index (χ4n) is 4.39. The quantitative estimate of drug-likeness (QED) is 0.233. The normalized spacial score (nSPS) is 14.8. The van der Waals surface area contributed by atoms with Crippen LogP contribution in [0.1, 0.15) is 47.8 Å². The SMILES string of the molecule is Cc1ccc(C(C)C)c(N2CCS/C2=N\C(=O)Nc2ccc(/C=C/c3ncn(-c4ncc(C(F)(F)F)cc4Cl)n3)cc2)c1. The fourth-order valence-corrected chi connectivity index (χ4v) is 5.59. The Bertz CT molecular complexity index is 1700. The number of alkyl halides is 3. The summed E-state index contributed by atoms with van der Waals surface area (Å²) in [5.41, 5.74) is 3.90. The van der Waals surface area contributed by atoms with Crippen LogP contribution >= 0.6 is 23.4 Å². The number of carbonyl (C=O) groups excluding carboxylic acids is 1. The van der Waals surface area contributed by atoms with E-state index in [1.807, 2.05) is 12.1 Å². The van der Waals surface area contributed by atoms with Gasteiger partial charge in [0.05, 0.1) is 10.6 Å². The molecule has 1 N–H and O–H groups in total. The second-order valence-electron chi connectivity index (χ2n) is 10.1. The molecule has 0 bridgehead atoms. The van der Waals surface area contributed by atoms with Crippen molar-refractivity contribution in [2.45, 2.75) is 32.9 Å². The number of benzene rings is 2. The highest BCUT2D eigenvalue weighted by atomic mass is 35.5. The van der Waals surface area contributed by atoms with E-state index >= 15 is 0 Å². The van der Waals surface area contributed by atoms with E-state index in [0.717, 1.165) is 35.2 Å². The number of nitrogens with one attached hydrogen (secondary N) is 1. The lowest BCUT2D eigenvalue weighted by Gasteiger charge is -2.23. The van der Waals surface area contributed by atoms with Crippen LogP contribution in [0.2, 0.25) is 5.02 Å². The number of nitrogens with zero attached hydrogens (tertiary/aromatic N) is 6. The molecule has 0 spiro atoms. The molecular weight excluding hydrogens is 599 g/mol. The summed E-state index contributed by atoms with van der Waals surface area (Å²) in [5, 5.41) is 7.51. The topological polar surface area (TPSA) is 88.3 Å². The summed E-state index contributed by atoms with van der Waals surface area (Å²) in [5.74, 6) is 1.52. The van der Waals surface area contributed by atoms with Crippen molar-refractivity contribution in [2.24, 2.45) is 4.99 Å². The van der Waals surface area contributed by atoms with E-state index in [1.165, 1.54) is 16.6 Å².